The van der Waals surface area contributed by atoms with Gasteiger partial charge in [0.2, 0.25) is 0 Å². The molecule has 2 rings (SSSR count). The molecular weight excluding hydrogens is 450 g/mol. The number of ether oxygens (including phenoxy) is 2. The Morgan fingerprint density at radius 2 is 1.64 bits per heavy atom. The Morgan fingerprint density at radius 1 is 0.917 bits per heavy atom. The fraction of sp³-hybridized carbons (Fsp3) is 0.484. The monoisotopic (exact) mass is 493 g/mol. The van der Waals surface area contributed by atoms with E-state index in [9.17, 15) is 9.59 Å². The molecule has 5 heteroatoms. The van der Waals surface area contributed by atoms with Crippen LogP contribution in [-0.2, 0) is 27.3 Å². The van der Waals surface area contributed by atoms with Gasteiger partial charge in [0.1, 0.15) is 5.75 Å². The fourth-order valence-corrected chi connectivity index (χ4v) is 4.02. The van der Waals surface area contributed by atoms with E-state index in [0.29, 0.717) is 45.4 Å². The zero-order valence-corrected chi connectivity index (χ0v) is 22.1. The Morgan fingerprint density at radius 3 is 2.33 bits per heavy atom. The standard InChI is InChI=1S/C31H43NO4/c1-4-6-12-23-36-31(34)17-11-13-22-35-28-20-18-27(19-21-28)25-32(3)29(30(33)16-7-5-2)24-26-14-9-8-10-15-26/h5,8-10,14-15,18-21,29H,2,4,6-7,11-13,16-17,22-25H2,1,3H3/t29-/m0/s1. The molecule has 0 aliphatic rings. The minimum Gasteiger partial charge on any atom is -0.494 e. The van der Waals surface area contributed by atoms with Crippen LogP contribution in [-0.4, -0.2) is 43.0 Å². The number of nitrogens with zero attached hydrogens (tertiary/aromatic N) is 1. The van der Waals surface area contributed by atoms with Gasteiger partial charge in [0.05, 0.1) is 19.3 Å². The number of benzene rings is 2. The van der Waals surface area contributed by atoms with E-state index in [1.165, 1.54) is 0 Å². The lowest BCUT2D eigenvalue weighted by molar-refractivity contribution is -0.143. The number of unbranched alkanes of at least 4 members (excludes halogenated alkanes) is 3. The first-order valence-corrected chi connectivity index (χ1v) is 13.3. The number of likely N-dealkylation sites (N-methyl/N-ethyl adjacent to an activating group) is 1. The molecule has 196 valence electrons. The summed E-state index contributed by atoms with van der Waals surface area (Å²) in [6.07, 6.45) is 8.87. The number of carbonyl (C=O) groups excluding carboxylic acids is 2. The Balaban J connectivity index is 1.78. The summed E-state index contributed by atoms with van der Waals surface area (Å²) in [5.41, 5.74) is 2.29. The molecule has 0 spiro atoms. The van der Waals surface area contributed by atoms with Gasteiger partial charge >= 0.3 is 5.97 Å². The van der Waals surface area contributed by atoms with Gasteiger partial charge in [0, 0.05) is 19.4 Å². The average Bonchev–Trinajstić information content (AvgIpc) is 2.89. The Bertz CT molecular complexity index is 895. The highest BCUT2D eigenvalue weighted by atomic mass is 16.5. The van der Waals surface area contributed by atoms with Crippen LogP contribution < -0.4 is 4.74 Å². The van der Waals surface area contributed by atoms with Crippen LogP contribution in [0.1, 0.15) is 69.4 Å². The van der Waals surface area contributed by atoms with Crippen LogP contribution in [0.5, 0.6) is 5.75 Å². The van der Waals surface area contributed by atoms with Gasteiger partial charge < -0.3 is 9.47 Å². The van der Waals surface area contributed by atoms with E-state index < -0.39 is 0 Å². The Hall–Kier alpha value is -2.92. The molecule has 36 heavy (non-hydrogen) atoms. The maximum absolute atomic E-state index is 12.9. The van der Waals surface area contributed by atoms with Gasteiger partial charge in [0.25, 0.3) is 0 Å². The fourth-order valence-electron chi connectivity index (χ4n) is 4.02. The Labute approximate surface area is 217 Å². The molecule has 2 aromatic rings. The number of ketones is 1. The topological polar surface area (TPSA) is 55.8 Å². The van der Waals surface area contributed by atoms with Crippen LogP contribution in [0.25, 0.3) is 0 Å². The van der Waals surface area contributed by atoms with Crippen molar-refractivity contribution in [3.63, 3.8) is 0 Å². The van der Waals surface area contributed by atoms with Crippen LogP contribution >= 0.6 is 0 Å². The molecule has 0 saturated carbocycles. The lowest BCUT2D eigenvalue weighted by Gasteiger charge is -2.27. The van der Waals surface area contributed by atoms with Crippen molar-refractivity contribution in [2.45, 2.75) is 77.3 Å². The molecule has 0 radical (unpaired) electrons. The molecule has 0 aromatic heterocycles. The summed E-state index contributed by atoms with van der Waals surface area (Å²) >= 11 is 0. The molecule has 0 N–H and O–H groups in total. The number of allylic oxidation sites excluding steroid dienone is 1. The molecule has 0 unspecified atom stereocenters. The SMILES string of the molecule is C=CCCC(=O)[C@H](Cc1ccccc1)N(C)Cc1ccc(OCCCCC(=O)OCCCCC)cc1. The molecule has 0 saturated heterocycles. The third-order valence-electron chi connectivity index (χ3n) is 6.18. The Kier molecular flexibility index (Phi) is 14.2. The van der Waals surface area contributed by atoms with Crippen LogP contribution in [0, 0.1) is 0 Å². The van der Waals surface area contributed by atoms with Crippen molar-refractivity contribution >= 4 is 11.8 Å². The minimum atomic E-state index is -0.179. The van der Waals surface area contributed by atoms with Gasteiger partial charge in [0.15, 0.2) is 5.78 Å². The van der Waals surface area contributed by atoms with E-state index in [2.05, 4.69) is 30.5 Å². The van der Waals surface area contributed by atoms with Gasteiger partial charge in [-0.25, -0.2) is 0 Å². The first kappa shape index (κ1) is 29.3. The highest BCUT2D eigenvalue weighted by Crippen LogP contribution is 2.18. The van der Waals surface area contributed by atoms with E-state index in [0.717, 1.165) is 49.0 Å². The molecule has 5 nitrogen and oxygen atoms in total. The number of esters is 1. The number of hydrogen-bond acceptors (Lipinski definition) is 5. The normalized spacial score (nSPS) is 11.8. The van der Waals surface area contributed by atoms with Crippen LogP contribution in [0.2, 0.25) is 0 Å². The number of Topliss-reactive ketones (excluding diaryl/α,β-unsaturated/α-hetero) is 1. The van der Waals surface area contributed by atoms with Crippen LogP contribution in [0.15, 0.2) is 67.3 Å². The average molecular weight is 494 g/mol. The molecule has 0 aliphatic carbocycles. The quantitative estimate of drug-likeness (QED) is 0.126. The maximum Gasteiger partial charge on any atom is 0.305 e. The van der Waals surface area contributed by atoms with E-state index in [4.69, 9.17) is 9.47 Å². The third-order valence-corrected chi connectivity index (χ3v) is 6.18. The summed E-state index contributed by atoms with van der Waals surface area (Å²) < 4.78 is 11.1. The third kappa shape index (κ3) is 11.7. The number of carbonyl (C=O) groups is 2. The predicted molar refractivity (Wildman–Crippen MR) is 146 cm³/mol. The summed E-state index contributed by atoms with van der Waals surface area (Å²) in [5, 5.41) is 0. The largest absolute Gasteiger partial charge is 0.494 e. The first-order valence-electron chi connectivity index (χ1n) is 13.3. The number of rotatable bonds is 19. The summed E-state index contributed by atoms with van der Waals surface area (Å²) in [6, 6.07) is 18.0. The van der Waals surface area contributed by atoms with Crippen molar-refractivity contribution < 1.29 is 19.1 Å². The van der Waals surface area contributed by atoms with E-state index in [1.54, 1.807) is 6.08 Å². The van der Waals surface area contributed by atoms with Crippen LogP contribution in [0.3, 0.4) is 0 Å². The second-order valence-corrected chi connectivity index (χ2v) is 9.29. The van der Waals surface area contributed by atoms with Crippen LogP contribution in [0.4, 0.5) is 0 Å². The van der Waals surface area contributed by atoms with E-state index >= 15 is 0 Å². The molecule has 0 fully saturated rings. The smallest absolute Gasteiger partial charge is 0.305 e. The molecule has 0 amide bonds. The second-order valence-electron chi connectivity index (χ2n) is 9.29. The maximum atomic E-state index is 12.9. The first-order chi connectivity index (χ1) is 17.5. The van der Waals surface area contributed by atoms with Crippen molar-refractivity contribution in [2.24, 2.45) is 0 Å². The van der Waals surface area contributed by atoms with Crippen molar-refractivity contribution in [1.82, 2.24) is 4.90 Å². The van der Waals surface area contributed by atoms with E-state index in [1.807, 2.05) is 49.5 Å². The van der Waals surface area contributed by atoms with Gasteiger partial charge in [-0.3, -0.25) is 14.5 Å². The lowest BCUT2D eigenvalue weighted by Crippen LogP contribution is -2.39. The van der Waals surface area contributed by atoms with Crippen molar-refractivity contribution in [1.29, 1.82) is 0 Å². The van der Waals surface area contributed by atoms with Gasteiger partial charge in [-0.2, -0.15) is 0 Å². The van der Waals surface area contributed by atoms with Crippen molar-refractivity contribution in [2.75, 3.05) is 20.3 Å². The second kappa shape index (κ2) is 17.5. The summed E-state index contributed by atoms with van der Waals surface area (Å²) in [6.45, 7) is 7.66. The molecule has 0 aliphatic heterocycles. The lowest BCUT2D eigenvalue weighted by atomic mass is 9.98. The minimum absolute atomic E-state index is 0.117. The van der Waals surface area contributed by atoms with E-state index in [-0.39, 0.29) is 17.8 Å². The molecule has 0 heterocycles. The predicted octanol–water partition coefficient (Wildman–Crippen LogP) is 6.55. The van der Waals surface area contributed by atoms with Gasteiger partial charge in [-0.15, -0.1) is 6.58 Å². The molecule has 2 aromatic carbocycles. The molecule has 0 bridgehead atoms. The number of hydrogen-bond donors (Lipinski definition) is 0. The van der Waals surface area contributed by atoms with Gasteiger partial charge in [-0.05, 0) is 62.4 Å². The zero-order chi connectivity index (χ0) is 26.0. The van der Waals surface area contributed by atoms with Crippen molar-refractivity contribution in [3.05, 3.63) is 78.4 Å². The highest BCUT2D eigenvalue weighted by molar-refractivity contribution is 5.84. The summed E-state index contributed by atoms with van der Waals surface area (Å²) in [4.78, 5) is 26.8. The van der Waals surface area contributed by atoms with Crippen molar-refractivity contribution in [3.8, 4) is 5.75 Å². The summed E-state index contributed by atoms with van der Waals surface area (Å²) in [7, 11) is 2.01. The summed E-state index contributed by atoms with van der Waals surface area (Å²) in [5.74, 6) is 0.936. The zero-order valence-electron chi connectivity index (χ0n) is 22.1. The highest BCUT2D eigenvalue weighted by Gasteiger charge is 2.23. The molecular formula is C31H43NO4. The van der Waals surface area contributed by atoms with Gasteiger partial charge in [-0.1, -0.05) is 68.3 Å². The molecule has 1 atom stereocenters.